The topological polar surface area (TPSA) is 64.9 Å². The Morgan fingerprint density at radius 2 is 2.33 bits per heavy atom. The van der Waals surface area contributed by atoms with Gasteiger partial charge in [0.05, 0.1) is 9.88 Å². The van der Waals surface area contributed by atoms with Crippen LogP contribution in [0.2, 0.25) is 0 Å². The predicted octanol–water partition coefficient (Wildman–Crippen LogP) is 1.69. The summed E-state index contributed by atoms with van der Waals surface area (Å²) in [4.78, 5) is 4.98. The number of rotatable bonds is 1. The Labute approximate surface area is 73.0 Å². The van der Waals surface area contributed by atoms with Crippen LogP contribution < -0.4 is 5.73 Å². The van der Waals surface area contributed by atoms with Crippen molar-refractivity contribution in [2.75, 3.05) is 5.73 Å². The number of hydrogen-bond donors (Lipinski definition) is 1. The molecule has 0 aliphatic heterocycles. The lowest BCUT2D eigenvalue weighted by molar-refractivity contribution is 0.426. The van der Waals surface area contributed by atoms with E-state index < -0.39 is 0 Å². The van der Waals surface area contributed by atoms with Crippen LogP contribution in [0.15, 0.2) is 16.7 Å². The van der Waals surface area contributed by atoms with E-state index in [1.54, 1.807) is 6.92 Å². The van der Waals surface area contributed by atoms with Gasteiger partial charge in [0.25, 0.3) is 5.89 Å². The van der Waals surface area contributed by atoms with Crippen molar-refractivity contribution in [2.24, 2.45) is 0 Å². The van der Waals surface area contributed by atoms with Crippen LogP contribution in [0.3, 0.4) is 0 Å². The molecule has 0 amide bonds. The van der Waals surface area contributed by atoms with E-state index in [1.807, 2.05) is 12.1 Å². The highest BCUT2D eigenvalue weighted by Gasteiger charge is 2.07. The molecule has 12 heavy (non-hydrogen) atoms. The number of nitrogens with zero attached hydrogens (tertiary/aromatic N) is 2. The van der Waals surface area contributed by atoms with Gasteiger partial charge in [-0.25, -0.2) is 0 Å². The third kappa shape index (κ3) is 1.18. The summed E-state index contributed by atoms with van der Waals surface area (Å²) in [6, 6.07) is 3.69. The van der Waals surface area contributed by atoms with Crippen molar-refractivity contribution >= 4 is 16.3 Å². The summed E-state index contributed by atoms with van der Waals surface area (Å²) in [7, 11) is 0. The first-order valence-electron chi connectivity index (χ1n) is 3.42. The molecule has 0 aliphatic rings. The second-order valence-electron chi connectivity index (χ2n) is 2.35. The van der Waals surface area contributed by atoms with Crippen LogP contribution in [-0.2, 0) is 0 Å². The van der Waals surface area contributed by atoms with Gasteiger partial charge in [0, 0.05) is 0 Å². The highest BCUT2D eigenvalue weighted by molar-refractivity contribution is 7.19. The third-order valence-electron chi connectivity index (χ3n) is 1.37. The summed E-state index contributed by atoms with van der Waals surface area (Å²) in [5.41, 5.74) is 5.55. The monoisotopic (exact) mass is 181 g/mol. The molecule has 0 aliphatic carbocycles. The normalized spacial score (nSPS) is 10.4. The predicted molar refractivity (Wildman–Crippen MR) is 46.8 cm³/mol. The Balaban J connectivity index is 2.43. The molecule has 2 aromatic heterocycles. The summed E-state index contributed by atoms with van der Waals surface area (Å²) < 4.78 is 4.96. The zero-order chi connectivity index (χ0) is 8.55. The fourth-order valence-electron chi connectivity index (χ4n) is 0.865. The molecule has 2 heterocycles. The Morgan fingerprint density at radius 3 is 2.83 bits per heavy atom. The lowest BCUT2D eigenvalue weighted by Crippen LogP contribution is -1.73. The van der Waals surface area contributed by atoms with Crippen molar-refractivity contribution in [3.05, 3.63) is 18.0 Å². The van der Waals surface area contributed by atoms with Gasteiger partial charge in [0.1, 0.15) is 0 Å². The van der Waals surface area contributed by atoms with Crippen LogP contribution >= 0.6 is 11.3 Å². The zero-order valence-corrected chi connectivity index (χ0v) is 7.26. The molecular formula is C7H7N3OS. The third-order valence-corrected chi connectivity index (χ3v) is 2.27. The first-order valence-corrected chi connectivity index (χ1v) is 4.23. The summed E-state index contributed by atoms with van der Waals surface area (Å²) >= 11 is 1.44. The van der Waals surface area contributed by atoms with Crippen LogP contribution in [0.1, 0.15) is 5.82 Å². The summed E-state index contributed by atoms with van der Waals surface area (Å²) in [6.45, 7) is 1.78. The highest BCUT2D eigenvalue weighted by Crippen LogP contribution is 2.27. The van der Waals surface area contributed by atoms with Crippen LogP contribution in [0.25, 0.3) is 10.8 Å². The average molecular weight is 181 g/mol. The lowest BCUT2D eigenvalue weighted by atomic mass is 10.4. The smallest absolute Gasteiger partial charge is 0.268 e. The maximum atomic E-state index is 5.55. The minimum atomic E-state index is 0.536. The first-order chi connectivity index (χ1) is 5.75. The van der Waals surface area contributed by atoms with E-state index in [-0.39, 0.29) is 0 Å². The van der Waals surface area contributed by atoms with Crippen molar-refractivity contribution in [1.29, 1.82) is 0 Å². The van der Waals surface area contributed by atoms with Crippen LogP contribution in [0, 0.1) is 6.92 Å². The Bertz CT molecular complexity index is 355. The molecule has 0 spiro atoms. The standard InChI is InChI=1S/C7H7N3OS/c1-4-9-7(11-10-4)5-2-3-6(8)12-5/h2-3H,8H2,1H3. The minimum absolute atomic E-state index is 0.536. The van der Waals surface area contributed by atoms with Crippen molar-refractivity contribution in [2.45, 2.75) is 6.92 Å². The van der Waals surface area contributed by atoms with Gasteiger partial charge in [0.2, 0.25) is 0 Å². The molecular weight excluding hydrogens is 174 g/mol. The van der Waals surface area contributed by atoms with Crippen LogP contribution in [0.5, 0.6) is 0 Å². The molecule has 4 nitrogen and oxygen atoms in total. The van der Waals surface area contributed by atoms with Crippen LogP contribution in [-0.4, -0.2) is 10.1 Å². The number of thiophene rings is 1. The zero-order valence-electron chi connectivity index (χ0n) is 6.44. The Hall–Kier alpha value is -1.36. The Kier molecular flexibility index (Phi) is 1.58. The highest BCUT2D eigenvalue weighted by atomic mass is 32.1. The van der Waals surface area contributed by atoms with Crippen LogP contribution in [0.4, 0.5) is 5.00 Å². The molecule has 2 aromatic rings. The number of nitrogen functional groups attached to an aromatic ring is 1. The summed E-state index contributed by atoms with van der Waals surface area (Å²) in [5, 5.41) is 4.43. The van der Waals surface area contributed by atoms with Gasteiger partial charge in [0.15, 0.2) is 5.82 Å². The molecule has 2 rings (SSSR count). The summed E-state index contributed by atoms with van der Waals surface area (Å²) in [6.07, 6.45) is 0. The van der Waals surface area contributed by atoms with Gasteiger partial charge < -0.3 is 10.3 Å². The van der Waals surface area contributed by atoms with Gasteiger partial charge >= 0.3 is 0 Å². The fraction of sp³-hybridized carbons (Fsp3) is 0.143. The Morgan fingerprint density at radius 1 is 1.50 bits per heavy atom. The number of anilines is 1. The first kappa shape index (κ1) is 7.30. The maximum absolute atomic E-state index is 5.55. The fourth-order valence-corrected chi connectivity index (χ4v) is 1.56. The van der Waals surface area contributed by atoms with E-state index >= 15 is 0 Å². The number of hydrogen-bond acceptors (Lipinski definition) is 5. The molecule has 0 bridgehead atoms. The van der Waals surface area contributed by atoms with Gasteiger partial charge in [-0.05, 0) is 19.1 Å². The molecule has 0 saturated carbocycles. The van der Waals surface area contributed by atoms with E-state index in [0.29, 0.717) is 11.7 Å². The number of nitrogens with two attached hydrogens (primary N) is 1. The largest absolute Gasteiger partial charge is 0.391 e. The van der Waals surface area contributed by atoms with E-state index in [2.05, 4.69) is 10.1 Å². The van der Waals surface area contributed by atoms with E-state index in [1.165, 1.54) is 11.3 Å². The molecule has 0 saturated heterocycles. The van der Waals surface area contributed by atoms with Gasteiger partial charge in [-0.15, -0.1) is 11.3 Å². The SMILES string of the molecule is Cc1noc(-c2ccc(N)s2)n1. The molecule has 0 aromatic carbocycles. The van der Waals surface area contributed by atoms with Gasteiger partial charge in [-0.3, -0.25) is 0 Å². The van der Waals surface area contributed by atoms with Crippen molar-refractivity contribution in [1.82, 2.24) is 10.1 Å². The number of aryl methyl sites for hydroxylation is 1. The lowest BCUT2D eigenvalue weighted by Gasteiger charge is -1.82. The molecule has 2 N–H and O–H groups in total. The van der Waals surface area contributed by atoms with Crippen molar-refractivity contribution in [3.8, 4) is 10.8 Å². The molecule has 0 fully saturated rings. The van der Waals surface area contributed by atoms with Crippen molar-refractivity contribution in [3.63, 3.8) is 0 Å². The molecule has 62 valence electrons. The second-order valence-corrected chi connectivity index (χ2v) is 3.46. The quantitative estimate of drug-likeness (QED) is 0.727. The van der Waals surface area contributed by atoms with E-state index in [4.69, 9.17) is 10.3 Å². The molecule has 0 unspecified atom stereocenters. The molecule has 0 atom stereocenters. The van der Waals surface area contributed by atoms with E-state index in [9.17, 15) is 0 Å². The average Bonchev–Trinajstić information content (AvgIpc) is 2.58. The maximum Gasteiger partial charge on any atom is 0.268 e. The molecule has 0 radical (unpaired) electrons. The van der Waals surface area contributed by atoms with Crippen molar-refractivity contribution < 1.29 is 4.52 Å². The van der Waals surface area contributed by atoms with Gasteiger partial charge in [-0.2, -0.15) is 4.98 Å². The minimum Gasteiger partial charge on any atom is -0.391 e. The summed E-state index contributed by atoms with van der Waals surface area (Å²) in [5.74, 6) is 1.17. The molecule has 5 heteroatoms. The number of aromatic nitrogens is 2. The van der Waals surface area contributed by atoms with E-state index in [0.717, 1.165) is 9.88 Å². The second kappa shape index (κ2) is 2.60. The van der Waals surface area contributed by atoms with Gasteiger partial charge in [-0.1, -0.05) is 5.16 Å².